The third kappa shape index (κ3) is 7.52. The van der Waals surface area contributed by atoms with Crippen molar-refractivity contribution in [2.75, 3.05) is 18.1 Å². The van der Waals surface area contributed by atoms with Crippen molar-refractivity contribution in [1.29, 1.82) is 0 Å². The minimum atomic E-state index is -1.21. The molecule has 0 fully saturated rings. The van der Waals surface area contributed by atoms with E-state index >= 15 is 0 Å². The number of thiol groups is 2. The van der Waals surface area contributed by atoms with Crippen molar-refractivity contribution in [2.24, 2.45) is 5.73 Å². The first-order valence-electron chi connectivity index (χ1n) is 6.30. The van der Waals surface area contributed by atoms with Crippen LogP contribution in [0.4, 0.5) is 0 Å². The molecule has 0 saturated heterocycles. The van der Waals surface area contributed by atoms with Crippen LogP contribution in [0, 0.1) is 0 Å². The maximum Gasteiger partial charge on any atom is 0.322 e. The maximum atomic E-state index is 11.9. The molecular weight excluding hydrogens is 332 g/mol. The highest BCUT2D eigenvalue weighted by molar-refractivity contribution is 7.80. The smallest absolute Gasteiger partial charge is 0.322 e. The number of aliphatic carboxylic acids is 1. The van der Waals surface area contributed by atoms with Crippen LogP contribution in [0.5, 0.6) is 0 Å². The highest BCUT2D eigenvalue weighted by atomic mass is 32.1. The summed E-state index contributed by atoms with van der Waals surface area (Å²) in [6.07, 6.45) is 0. The third-order valence-electron chi connectivity index (χ3n) is 2.51. The lowest BCUT2D eigenvalue weighted by Crippen LogP contribution is -2.55. The van der Waals surface area contributed by atoms with Gasteiger partial charge in [-0.3, -0.25) is 19.2 Å². The first kappa shape index (κ1) is 20.5. The van der Waals surface area contributed by atoms with Crippen LogP contribution in [-0.2, 0) is 19.2 Å². The number of hydrogen-bond acceptors (Lipinski definition) is 7. The second kappa shape index (κ2) is 10.3. The Morgan fingerprint density at radius 2 is 1.64 bits per heavy atom. The Bertz CT molecular complexity index is 435. The summed E-state index contributed by atoms with van der Waals surface area (Å²) in [5, 5.41) is 15.3. The summed E-state index contributed by atoms with van der Waals surface area (Å²) in [4.78, 5) is 45.4. The molecular formula is C11H20N4O5S2. The Kier molecular flexibility index (Phi) is 9.61. The lowest BCUT2D eigenvalue weighted by molar-refractivity contribution is -0.138. The first-order valence-corrected chi connectivity index (χ1v) is 7.57. The highest BCUT2D eigenvalue weighted by Gasteiger charge is 2.24. The Hall–Kier alpha value is -1.46. The zero-order chi connectivity index (χ0) is 17.3. The van der Waals surface area contributed by atoms with Crippen molar-refractivity contribution < 1.29 is 24.3 Å². The van der Waals surface area contributed by atoms with Crippen molar-refractivity contribution in [2.45, 2.75) is 25.0 Å². The minimum absolute atomic E-state index is 0.0337. The number of amides is 3. The molecule has 0 rings (SSSR count). The Labute approximate surface area is 138 Å². The molecule has 9 nitrogen and oxygen atoms in total. The molecule has 0 aliphatic rings. The normalized spacial score (nSPS) is 14.4. The number of hydrogen-bond donors (Lipinski definition) is 7. The standard InChI is InChI=1S/C11H20N4O5S2/c1-5(14-10(19)6(12)3-21)9(18)15-7(4-22)11(20)13-2-8(16)17/h5-7,21-22H,2-4,12H2,1H3,(H,13,20)(H,14,19)(H,15,18)(H,16,17). The van der Waals surface area contributed by atoms with Gasteiger partial charge < -0.3 is 26.8 Å². The molecule has 0 saturated carbocycles. The number of carboxylic acids is 1. The van der Waals surface area contributed by atoms with Crippen LogP contribution in [0.25, 0.3) is 0 Å². The molecule has 0 radical (unpaired) electrons. The number of nitrogens with two attached hydrogens (primary N) is 1. The predicted octanol–water partition coefficient (Wildman–Crippen LogP) is -2.64. The van der Waals surface area contributed by atoms with E-state index in [9.17, 15) is 19.2 Å². The molecule has 0 aliphatic heterocycles. The molecule has 11 heteroatoms. The van der Waals surface area contributed by atoms with Gasteiger partial charge in [-0.05, 0) is 6.92 Å². The number of nitrogens with one attached hydrogen (secondary N) is 3. The lowest BCUT2D eigenvalue weighted by Gasteiger charge is -2.20. The van der Waals surface area contributed by atoms with E-state index in [1.54, 1.807) is 0 Å². The molecule has 0 heterocycles. The van der Waals surface area contributed by atoms with Gasteiger partial charge in [0, 0.05) is 11.5 Å². The average Bonchev–Trinajstić information content (AvgIpc) is 2.48. The summed E-state index contributed by atoms with van der Waals surface area (Å²) in [6.45, 7) is 0.852. The van der Waals surface area contributed by atoms with Crippen LogP contribution in [0.15, 0.2) is 0 Å². The van der Waals surface area contributed by atoms with E-state index in [1.807, 2.05) is 0 Å². The van der Waals surface area contributed by atoms with Gasteiger partial charge in [0.2, 0.25) is 17.7 Å². The Balaban J connectivity index is 4.49. The molecule has 22 heavy (non-hydrogen) atoms. The average molecular weight is 352 g/mol. The van der Waals surface area contributed by atoms with Crippen molar-refractivity contribution >= 4 is 48.9 Å². The predicted molar refractivity (Wildman–Crippen MR) is 85.9 cm³/mol. The number of carboxylic acid groups (broad SMARTS) is 1. The molecule has 3 unspecified atom stereocenters. The van der Waals surface area contributed by atoms with Crippen molar-refractivity contribution in [3.05, 3.63) is 0 Å². The Morgan fingerprint density at radius 1 is 1.05 bits per heavy atom. The molecule has 0 aliphatic carbocycles. The van der Waals surface area contributed by atoms with Crippen molar-refractivity contribution in [3.8, 4) is 0 Å². The first-order chi connectivity index (χ1) is 10.2. The maximum absolute atomic E-state index is 11.9. The second-order valence-electron chi connectivity index (χ2n) is 4.37. The van der Waals surface area contributed by atoms with Gasteiger partial charge in [0.1, 0.15) is 18.6 Å². The number of carbonyl (C=O) groups is 4. The van der Waals surface area contributed by atoms with E-state index in [0.717, 1.165) is 0 Å². The SMILES string of the molecule is CC(NC(=O)C(N)CS)C(=O)NC(CS)C(=O)NCC(=O)O. The molecule has 0 bridgehead atoms. The van der Waals surface area contributed by atoms with Crippen LogP contribution in [0.2, 0.25) is 0 Å². The second-order valence-corrected chi connectivity index (χ2v) is 5.10. The van der Waals surface area contributed by atoms with Crippen LogP contribution < -0.4 is 21.7 Å². The van der Waals surface area contributed by atoms with E-state index in [2.05, 4.69) is 41.2 Å². The topological polar surface area (TPSA) is 151 Å². The lowest BCUT2D eigenvalue weighted by atomic mass is 10.2. The Morgan fingerprint density at radius 3 is 2.09 bits per heavy atom. The molecule has 0 aromatic rings. The quantitative estimate of drug-likeness (QED) is 0.225. The van der Waals surface area contributed by atoms with Crippen LogP contribution in [0.3, 0.4) is 0 Å². The van der Waals surface area contributed by atoms with Gasteiger partial charge in [0.05, 0.1) is 6.04 Å². The molecule has 0 aromatic heterocycles. The van der Waals surface area contributed by atoms with Gasteiger partial charge in [-0.1, -0.05) is 0 Å². The molecule has 0 aromatic carbocycles. The summed E-state index contributed by atoms with van der Waals surface area (Å²) in [7, 11) is 0. The van der Waals surface area contributed by atoms with Crippen LogP contribution in [0.1, 0.15) is 6.92 Å². The number of carbonyl (C=O) groups excluding carboxylic acids is 3. The van der Waals surface area contributed by atoms with Gasteiger partial charge in [0.25, 0.3) is 0 Å². The summed E-state index contributed by atoms with van der Waals surface area (Å²) in [6, 6.07) is -2.79. The summed E-state index contributed by atoms with van der Waals surface area (Å²) >= 11 is 7.79. The largest absolute Gasteiger partial charge is 0.480 e. The van der Waals surface area contributed by atoms with Crippen molar-refractivity contribution in [1.82, 2.24) is 16.0 Å². The fourth-order valence-corrected chi connectivity index (χ4v) is 1.67. The van der Waals surface area contributed by atoms with E-state index in [-0.39, 0.29) is 11.5 Å². The molecule has 6 N–H and O–H groups in total. The van der Waals surface area contributed by atoms with Crippen molar-refractivity contribution in [3.63, 3.8) is 0 Å². The highest BCUT2D eigenvalue weighted by Crippen LogP contribution is 1.93. The molecule has 3 atom stereocenters. The van der Waals surface area contributed by atoms with E-state index in [1.165, 1.54) is 6.92 Å². The summed E-state index contributed by atoms with van der Waals surface area (Å²) in [5.41, 5.74) is 5.46. The fraction of sp³-hybridized carbons (Fsp3) is 0.636. The van der Waals surface area contributed by atoms with Gasteiger partial charge in [-0.15, -0.1) is 0 Å². The number of rotatable bonds is 9. The van der Waals surface area contributed by atoms with E-state index in [4.69, 9.17) is 10.8 Å². The molecule has 3 amide bonds. The van der Waals surface area contributed by atoms with E-state index < -0.39 is 48.4 Å². The van der Waals surface area contributed by atoms with Crippen LogP contribution in [-0.4, -0.2) is 65.0 Å². The monoisotopic (exact) mass is 352 g/mol. The van der Waals surface area contributed by atoms with E-state index in [0.29, 0.717) is 0 Å². The van der Waals surface area contributed by atoms with Gasteiger partial charge in [-0.25, -0.2) is 0 Å². The third-order valence-corrected chi connectivity index (χ3v) is 3.27. The zero-order valence-corrected chi connectivity index (χ0v) is 13.7. The summed E-state index contributed by atoms with van der Waals surface area (Å²) < 4.78 is 0. The van der Waals surface area contributed by atoms with Gasteiger partial charge in [0.15, 0.2) is 0 Å². The van der Waals surface area contributed by atoms with Gasteiger partial charge >= 0.3 is 5.97 Å². The molecule has 126 valence electrons. The van der Waals surface area contributed by atoms with Crippen LogP contribution >= 0.6 is 25.3 Å². The van der Waals surface area contributed by atoms with Gasteiger partial charge in [-0.2, -0.15) is 25.3 Å². The fourth-order valence-electron chi connectivity index (χ4n) is 1.25. The zero-order valence-electron chi connectivity index (χ0n) is 11.9. The minimum Gasteiger partial charge on any atom is -0.480 e. The summed E-state index contributed by atoms with van der Waals surface area (Å²) in [5.74, 6) is -2.97. The molecule has 0 spiro atoms.